The number of carbonyl (C=O) groups excluding carboxylic acids is 1. The fourth-order valence-corrected chi connectivity index (χ4v) is 1.55. The second-order valence-electron chi connectivity index (χ2n) is 4.29. The first-order chi connectivity index (χ1) is 9.31. The molecule has 0 heterocycles. The lowest BCUT2D eigenvalue weighted by atomic mass is 10.1. The molecule has 0 saturated carbocycles. The molecule has 1 aromatic carbocycles. The molecule has 0 aliphatic rings. The van der Waals surface area contributed by atoms with Gasteiger partial charge in [0, 0.05) is 0 Å². The van der Waals surface area contributed by atoms with Gasteiger partial charge in [0.1, 0.15) is 5.75 Å². The van der Waals surface area contributed by atoms with E-state index in [2.05, 4.69) is 15.4 Å². The van der Waals surface area contributed by atoms with Gasteiger partial charge < -0.3 is 15.4 Å². The highest BCUT2D eigenvalue weighted by atomic mass is 19.4. The molecule has 4 nitrogen and oxygen atoms in total. The van der Waals surface area contributed by atoms with E-state index in [0.717, 1.165) is 5.56 Å². The Kier molecular flexibility index (Phi) is 5.82. The zero-order valence-electron chi connectivity index (χ0n) is 11.3. The molecule has 1 unspecified atom stereocenters. The first kappa shape index (κ1) is 16.3. The van der Waals surface area contributed by atoms with E-state index >= 15 is 0 Å². The van der Waals surface area contributed by atoms with Crippen molar-refractivity contribution in [1.82, 2.24) is 10.6 Å². The molecule has 1 aromatic rings. The van der Waals surface area contributed by atoms with E-state index in [1.807, 2.05) is 0 Å². The van der Waals surface area contributed by atoms with Crippen molar-refractivity contribution in [2.75, 3.05) is 20.2 Å². The van der Waals surface area contributed by atoms with Gasteiger partial charge in [0.2, 0.25) is 5.91 Å². The summed E-state index contributed by atoms with van der Waals surface area (Å²) in [5.74, 6) is -0.0165. The third kappa shape index (κ3) is 5.92. The fraction of sp³-hybridized carbons (Fsp3) is 0.462. The molecule has 1 atom stereocenters. The number of carbonyl (C=O) groups is 1. The van der Waals surface area contributed by atoms with Crippen LogP contribution in [0, 0.1) is 0 Å². The molecule has 0 aliphatic heterocycles. The van der Waals surface area contributed by atoms with Crippen LogP contribution < -0.4 is 15.4 Å². The minimum Gasteiger partial charge on any atom is -0.484 e. The van der Waals surface area contributed by atoms with Crippen LogP contribution in [0.15, 0.2) is 24.3 Å². The molecule has 2 N–H and O–H groups in total. The molecule has 0 spiro atoms. The van der Waals surface area contributed by atoms with Crippen molar-refractivity contribution >= 4 is 5.91 Å². The Morgan fingerprint density at radius 2 is 1.90 bits per heavy atom. The Morgan fingerprint density at radius 1 is 1.30 bits per heavy atom. The van der Waals surface area contributed by atoms with Gasteiger partial charge in [-0.25, -0.2) is 0 Å². The van der Waals surface area contributed by atoms with E-state index in [0.29, 0.717) is 0 Å². The minimum atomic E-state index is -4.35. The van der Waals surface area contributed by atoms with Gasteiger partial charge in [-0.2, -0.15) is 13.2 Å². The summed E-state index contributed by atoms with van der Waals surface area (Å²) in [4.78, 5) is 11.4. The molecule has 1 amide bonds. The quantitative estimate of drug-likeness (QED) is 0.843. The Bertz CT molecular complexity index is 432. The average molecular weight is 290 g/mol. The van der Waals surface area contributed by atoms with Crippen molar-refractivity contribution in [1.29, 1.82) is 0 Å². The summed E-state index contributed by atoms with van der Waals surface area (Å²) < 4.78 is 40.6. The second kappa shape index (κ2) is 7.14. The summed E-state index contributed by atoms with van der Waals surface area (Å²) >= 11 is 0. The van der Waals surface area contributed by atoms with Crippen LogP contribution in [0.2, 0.25) is 0 Å². The molecular formula is C13H17F3N2O2. The molecule has 112 valence electrons. The SMILES string of the molecule is CNCC(=O)NC(C)c1ccc(OCC(F)(F)F)cc1. The van der Waals surface area contributed by atoms with E-state index in [9.17, 15) is 18.0 Å². The smallest absolute Gasteiger partial charge is 0.422 e. The molecule has 0 bridgehead atoms. The van der Waals surface area contributed by atoms with Crippen LogP contribution in [-0.2, 0) is 4.79 Å². The van der Waals surface area contributed by atoms with Gasteiger partial charge in [0.25, 0.3) is 0 Å². The monoisotopic (exact) mass is 290 g/mol. The van der Waals surface area contributed by atoms with Gasteiger partial charge in [-0.1, -0.05) is 12.1 Å². The first-order valence-corrected chi connectivity index (χ1v) is 6.05. The molecular weight excluding hydrogens is 273 g/mol. The molecule has 0 aliphatic carbocycles. The van der Waals surface area contributed by atoms with Crippen LogP contribution in [0.3, 0.4) is 0 Å². The predicted octanol–water partition coefficient (Wildman–Crippen LogP) is 2.02. The van der Waals surface area contributed by atoms with E-state index < -0.39 is 12.8 Å². The lowest BCUT2D eigenvalue weighted by Gasteiger charge is -2.15. The Balaban J connectivity index is 2.55. The van der Waals surface area contributed by atoms with Crippen molar-refractivity contribution in [2.24, 2.45) is 0 Å². The Labute approximate surface area is 115 Å². The number of hydrogen-bond acceptors (Lipinski definition) is 3. The van der Waals surface area contributed by atoms with Gasteiger partial charge in [-0.15, -0.1) is 0 Å². The van der Waals surface area contributed by atoms with Gasteiger partial charge in [-0.05, 0) is 31.7 Å². The summed E-state index contributed by atoms with van der Waals surface area (Å²) in [7, 11) is 1.66. The standard InChI is InChI=1S/C13H17F3N2O2/c1-9(18-12(19)7-17-2)10-3-5-11(6-4-10)20-8-13(14,15)16/h3-6,9,17H,7-8H2,1-2H3,(H,18,19). The molecule has 7 heteroatoms. The zero-order chi connectivity index (χ0) is 15.2. The van der Waals surface area contributed by atoms with E-state index in [-0.39, 0.29) is 24.2 Å². The third-order valence-electron chi connectivity index (χ3n) is 2.50. The van der Waals surface area contributed by atoms with Crippen molar-refractivity contribution in [3.8, 4) is 5.75 Å². The van der Waals surface area contributed by atoms with Gasteiger partial charge in [0.05, 0.1) is 12.6 Å². The Morgan fingerprint density at radius 3 is 2.40 bits per heavy atom. The third-order valence-corrected chi connectivity index (χ3v) is 2.50. The maximum Gasteiger partial charge on any atom is 0.422 e. The molecule has 0 aromatic heterocycles. The zero-order valence-corrected chi connectivity index (χ0v) is 11.3. The van der Waals surface area contributed by atoms with Crippen LogP contribution >= 0.6 is 0 Å². The number of halogens is 3. The van der Waals surface area contributed by atoms with Crippen molar-refractivity contribution in [3.63, 3.8) is 0 Å². The van der Waals surface area contributed by atoms with E-state index in [1.54, 1.807) is 26.1 Å². The molecule has 0 radical (unpaired) electrons. The predicted molar refractivity (Wildman–Crippen MR) is 68.5 cm³/mol. The number of amides is 1. The van der Waals surface area contributed by atoms with Crippen molar-refractivity contribution in [3.05, 3.63) is 29.8 Å². The lowest BCUT2D eigenvalue weighted by Crippen LogP contribution is -2.33. The maximum atomic E-state index is 12.0. The normalized spacial score (nSPS) is 12.8. The number of likely N-dealkylation sites (N-methyl/N-ethyl adjacent to an activating group) is 1. The van der Waals surface area contributed by atoms with E-state index in [4.69, 9.17) is 0 Å². The molecule has 20 heavy (non-hydrogen) atoms. The number of benzene rings is 1. The van der Waals surface area contributed by atoms with Crippen LogP contribution in [0.4, 0.5) is 13.2 Å². The van der Waals surface area contributed by atoms with Crippen LogP contribution in [0.5, 0.6) is 5.75 Å². The summed E-state index contributed by atoms with van der Waals surface area (Å²) in [6.45, 7) is 0.678. The van der Waals surface area contributed by atoms with Crippen LogP contribution in [0.25, 0.3) is 0 Å². The molecule has 0 saturated heterocycles. The van der Waals surface area contributed by atoms with E-state index in [1.165, 1.54) is 12.1 Å². The van der Waals surface area contributed by atoms with Gasteiger partial charge in [-0.3, -0.25) is 4.79 Å². The highest BCUT2D eigenvalue weighted by Gasteiger charge is 2.28. The van der Waals surface area contributed by atoms with Gasteiger partial charge in [0.15, 0.2) is 6.61 Å². The largest absolute Gasteiger partial charge is 0.484 e. The number of hydrogen-bond donors (Lipinski definition) is 2. The van der Waals surface area contributed by atoms with Gasteiger partial charge >= 0.3 is 6.18 Å². The average Bonchev–Trinajstić information content (AvgIpc) is 2.36. The minimum absolute atomic E-state index is 0.139. The second-order valence-corrected chi connectivity index (χ2v) is 4.29. The topological polar surface area (TPSA) is 50.4 Å². The number of rotatable bonds is 6. The summed E-state index contributed by atoms with van der Waals surface area (Å²) in [5, 5.41) is 5.48. The Hall–Kier alpha value is -1.76. The highest BCUT2D eigenvalue weighted by molar-refractivity contribution is 5.78. The maximum absolute atomic E-state index is 12.0. The summed E-state index contributed by atoms with van der Waals surface area (Å²) in [5.41, 5.74) is 0.786. The van der Waals surface area contributed by atoms with Crippen molar-refractivity contribution < 1.29 is 22.7 Å². The summed E-state index contributed by atoms with van der Waals surface area (Å²) in [6, 6.07) is 5.91. The number of nitrogens with one attached hydrogen (secondary N) is 2. The fourth-order valence-electron chi connectivity index (χ4n) is 1.55. The number of alkyl halides is 3. The molecule has 0 fully saturated rings. The van der Waals surface area contributed by atoms with Crippen LogP contribution in [-0.4, -0.2) is 32.3 Å². The highest BCUT2D eigenvalue weighted by Crippen LogP contribution is 2.20. The van der Waals surface area contributed by atoms with Crippen LogP contribution in [0.1, 0.15) is 18.5 Å². The number of ether oxygens (including phenoxy) is 1. The lowest BCUT2D eigenvalue weighted by molar-refractivity contribution is -0.153. The summed E-state index contributed by atoms with van der Waals surface area (Å²) in [6.07, 6.45) is -4.35. The molecule has 1 rings (SSSR count). The first-order valence-electron chi connectivity index (χ1n) is 6.05. The van der Waals surface area contributed by atoms with Crippen molar-refractivity contribution in [2.45, 2.75) is 19.1 Å².